The number of nitrogens with two attached hydrogens (primary N) is 1. The number of thioether (sulfide) groups is 1. The molecule has 0 saturated heterocycles. The molecule has 11 heteroatoms. The van der Waals surface area contributed by atoms with Gasteiger partial charge in [0, 0.05) is 12.2 Å². The molecule has 0 aromatic heterocycles. The van der Waals surface area contributed by atoms with E-state index in [1.54, 1.807) is 42.1 Å². The first-order chi connectivity index (χ1) is 14.3. The fourth-order valence-corrected chi connectivity index (χ4v) is 3.18. The van der Waals surface area contributed by atoms with Crippen LogP contribution in [0.2, 0.25) is 0 Å². The van der Waals surface area contributed by atoms with Gasteiger partial charge in [-0.1, -0.05) is 30.3 Å². The highest BCUT2D eigenvalue weighted by atomic mass is 32.2. The van der Waals surface area contributed by atoms with Crippen molar-refractivity contribution in [2.24, 2.45) is 5.73 Å². The van der Waals surface area contributed by atoms with Crippen LogP contribution in [0.15, 0.2) is 30.3 Å². The molecule has 3 atom stereocenters. The Morgan fingerprint density at radius 1 is 1.10 bits per heavy atom. The lowest BCUT2D eigenvalue weighted by Gasteiger charge is -2.19. The summed E-state index contributed by atoms with van der Waals surface area (Å²) >= 11 is 5.61. The Morgan fingerprint density at radius 2 is 1.77 bits per heavy atom. The summed E-state index contributed by atoms with van der Waals surface area (Å²) in [7, 11) is 0. The van der Waals surface area contributed by atoms with Crippen molar-refractivity contribution in [3.8, 4) is 0 Å². The second-order valence-electron chi connectivity index (χ2n) is 6.50. The Kier molecular flexibility index (Phi) is 11.9. The van der Waals surface area contributed by atoms with Gasteiger partial charge in [0.05, 0.1) is 12.6 Å². The van der Waals surface area contributed by atoms with E-state index in [1.807, 2.05) is 6.26 Å². The number of thiol groups is 1. The molecule has 0 spiro atoms. The summed E-state index contributed by atoms with van der Waals surface area (Å²) in [5.74, 6) is -2.21. The predicted molar refractivity (Wildman–Crippen MR) is 119 cm³/mol. The Bertz CT molecular complexity index is 720. The number of carboxylic acid groups (broad SMARTS) is 1. The summed E-state index contributed by atoms with van der Waals surface area (Å²) in [5.41, 5.74) is 6.53. The summed E-state index contributed by atoms with van der Waals surface area (Å²) in [4.78, 5) is 47.8. The molecule has 0 fully saturated rings. The molecular formula is C19H28N4O5S2. The third kappa shape index (κ3) is 9.51. The Morgan fingerprint density at radius 3 is 2.33 bits per heavy atom. The molecule has 0 bridgehead atoms. The largest absolute Gasteiger partial charge is 0.480 e. The first kappa shape index (κ1) is 25.8. The predicted octanol–water partition coefficient (Wildman–Crippen LogP) is -0.590. The van der Waals surface area contributed by atoms with Crippen LogP contribution in [0.1, 0.15) is 12.0 Å². The molecule has 6 N–H and O–H groups in total. The molecule has 3 unspecified atom stereocenters. The third-order valence-corrected chi connectivity index (χ3v) is 5.13. The molecule has 0 aliphatic carbocycles. The second-order valence-corrected chi connectivity index (χ2v) is 7.85. The molecular weight excluding hydrogens is 428 g/mol. The smallest absolute Gasteiger partial charge is 0.326 e. The van der Waals surface area contributed by atoms with Gasteiger partial charge < -0.3 is 26.8 Å². The Hall–Kier alpha value is -2.24. The number of aliphatic carboxylic acids is 1. The number of amides is 3. The number of benzene rings is 1. The van der Waals surface area contributed by atoms with E-state index in [0.29, 0.717) is 12.2 Å². The average molecular weight is 457 g/mol. The minimum Gasteiger partial charge on any atom is -0.480 e. The summed E-state index contributed by atoms with van der Waals surface area (Å²) in [6.45, 7) is -0.434. The van der Waals surface area contributed by atoms with Crippen molar-refractivity contribution in [2.75, 3.05) is 24.3 Å². The van der Waals surface area contributed by atoms with Crippen LogP contribution in [0.4, 0.5) is 0 Å². The van der Waals surface area contributed by atoms with Crippen molar-refractivity contribution in [1.82, 2.24) is 16.0 Å². The van der Waals surface area contributed by atoms with E-state index in [0.717, 1.165) is 5.56 Å². The highest BCUT2D eigenvalue weighted by Gasteiger charge is 2.24. The highest BCUT2D eigenvalue weighted by molar-refractivity contribution is 7.98. The molecule has 0 heterocycles. The zero-order valence-corrected chi connectivity index (χ0v) is 18.4. The van der Waals surface area contributed by atoms with E-state index in [4.69, 9.17) is 5.73 Å². The molecule has 166 valence electrons. The summed E-state index contributed by atoms with van der Waals surface area (Å²) in [6.07, 6.45) is 2.47. The quantitative estimate of drug-likeness (QED) is 0.217. The van der Waals surface area contributed by atoms with E-state index < -0.39 is 48.4 Å². The van der Waals surface area contributed by atoms with Crippen LogP contribution < -0.4 is 21.7 Å². The number of rotatable bonds is 13. The maximum atomic E-state index is 12.2. The van der Waals surface area contributed by atoms with Crippen LogP contribution in [0.25, 0.3) is 0 Å². The minimum atomic E-state index is -1.18. The van der Waals surface area contributed by atoms with Gasteiger partial charge in [-0.2, -0.15) is 24.4 Å². The number of carbonyl (C=O) groups is 4. The van der Waals surface area contributed by atoms with Crippen LogP contribution >= 0.6 is 24.4 Å². The standard InChI is InChI=1S/C19H28N4O5S2/c1-30-8-7-13(20)17(25)23-15(11-29)18(26)21-10-16(24)22-14(19(27)28)9-12-5-3-2-4-6-12/h2-6,13-15,29H,7-11,20H2,1H3,(H,21,26)(H,22,24)(H,23,25)(H,27,28). The zero-order chi connectivity index (χ0) is 22.5. The van der Waals surface area contributed by atoms with E-state index in [9.17, 15) is 24.3 Å². The lowest BCUT2D eigenvalue weighted by atomic mass is 10.1. The summed E-state index contributed by atoms with van der Waals surface area (Å²) in [5, 5.41) is 16.6. The minimum absolute atomic E-state index is 0.0141. The van der Waals surface area contributed by atoms with Gasteiger partial charge in [0.2, 0.25) is 17.7 Å². The molecule has 0 aliphatic rings. The normalized spacial score (nSPS) is 13.6. The Balaban J connectivity index is 2.52. The van der Waals surface area contributed by atoms with Gasteiger partial charge in [-0.3, -0.25) is 14.4 Å². The molecule has 0 radical (unpaired) electrons. The maximum absolute atomic E-state index is 12.2. The molecule has 3 amide bonds. The molecule has 30 heavy (non-hydrogen) atoms. The first-order valence-corrected chi connectivity index (χ1v) is 11.3. The Labute approximate surface area is 185 Å². The molecule has 1 aromatic carbocycles. The van der Waals surface area contributed by atoms with Crippen LogP contribution in [0.3, 0.4) is 0 Å². The van der Waals surface area contributed by atoms with Gasteiger partial charge in [0.1, 0.15) is 12.1 Å². The number of hydrogen-bond acceptors (Lipinski definition) is 7. The maximum Gasteiger partial charge on any atom is 0.326 e. The van der Waals surface area contributed by atoms with Crippen molar-refractivity contribution in [3.63, 3.8) is 0 Å². The topological polar surface area (TPSA) is 151 Å². The number of carbonyl (C=O) groups excluding carboxylic acids is 3. The summed E-state index contributed by atoms with van der Waals surface area (Å²) < 4.78 is 0. The van der Waals surface area contributed by atoms with Gasteiger partial charge in [0.15, 0.2) is 0 Å². The third-order valence-electron chi connectivity index (χ3n) is 4.12. The fraction of sp³-hybridized carbons (Fsp3) is 0.474. The van der Waals surface area contributed by atoms with Crippen molar-refractivity contribution in [1.29, 1.82) is 0 Å². The van der Waals surface area contributed by atoms with Crippen molar-refractivity contribution in [2.45, 2.75) is 31.0 Å². The van der Waals surface area contributed by atoms with Crippen LogP contribution in [0.5, 0.6) is 0 Å². The van der Waals surface area contributed by atoms with E-state index in [-0.39, 0.29) is 12.2 Å². The van der Waals surface area contributed by atoms with Crippen LogP contribution in [0, 0.1) is 0 Å². The molecule has 0 aliphatic heterocycles. The molecule has 1 aromatic rings. The van der Waals surface area contributed by atoms with Gasteiger partial charge in [-0.25, -0.2) is 4.79 Å². The van der Waals surface area contributed by atoms with Gasteiger partial charge in [-0.15, -0.1) is 0 Å². The number of hydrogen-bond donors (Lipinski definition) is 6. The second kappa shape index (κ2) is 13.9. The highest BCUT2D eigenvalue weighted by Crippen LogP contribution is 2.03. The summed E-state index contributed by atoms with van der Waals surface area (Å²) in [6, 6.07) is 6.02. The number of nitrogens with one attached hydrogen (secondary N) is 3. The monoisotopic (exact) mass is 456 g/mol. The van der Waals surface area contributed by atoms with E-state index in [1.165, 1.54) is 0 Å². The van der Waals surface area contributed by atoms with Crippen molar-refractivity contribution < 1.29 is 24.3 Å². The number of carboxylic acids is 1. The van der Waals surface area contributed by atoms with Gasteiger partial charge >= 0.3 is 5.97 Å². The SMILES string of the molecule is CSCCC(N)C(=O)NC(CS)C(=O)NCC(=O)NC(Cc1ccccc1)C(=O)O. The van der Waals surface area contributed by atoms with Crippen molar-refractivity contribution >= 4 is 48.1 Å². The van der Waals surface area contributed by atoms with E-state index >= 15 is 0 Å². The van der Waals surface area contributed by atoms with E-state index in [2.05, 4.69) is 28.6 Å². The van der Waals surface area contributed by atoms with Gasteiger partial charge in [-0.05, 0) is 24.0 Å². The van der Waals surface area contributed by atoms with Crippen LogP contribution in [-0.4, -0.2) is 71.2 Å². The fourth-order valence-electron chi connectivity index (χ4n) is 2.43. The average Bonchev–Trinajstić information content (AvgIpc) is 2.73. The molecule has 0 saturated carbocycles. The molecule has 1 rings (SSSR count). The molecule has 9 nitrogen and oxygen atoms in total. The van der Waals surface area contributed by atoms with Crippen molar-refractivity contribution in [3.05, 3.63) is 35.9 Å². The van der Waals surface area contributed by atoms with Gasteiger partial charge in [0.25, 0.3) is 0 Å². The van der Waals surface area contributed by atoms with Crippen LogP contribution in [-0.2, 0) is 25.6 Å². The lowest BCUT2D eigenvalue weighted by Crippen LogP contribution is -2.54. The lowest BCUT2D eigenvalue weighted by molar-refractivity contribution is -0.141. The zero-order valence-electron chi connectivity index (χ0n) is 16.7. The first-order valence-electron chi connectivity index (χ1n) is 9.28.